The number of alkyl halides is 6. The number of benzene rings is 2. The lowest BCUT2D eigenvalue weighted by Crippen LogP contribution is -2.34. The molecule has 29 heteroatoms. The van der Waals surface area contributed by atoms with Gasteiger partial charge >= 0.3 is 24.3 Å². The van der Waals surface area contributed by atoms with E-state index in [0.29, 0.717) is 37.2 Å². The summed E-state index contributed by atoms with van der Waals surface area (Å²) in [6, 6.07) is -3.00. The van der Waals surface area contributed by atoms with Gasteiger partial charge in [-0.05, 0) is 41.5 Å². The minimum Gasteiger partial charge on any atom is -0.466 e. The van der Waals surface area contributed by atoms with Gasteiger partial charge in [-0.2, -0.15) is 51.4 Å². The monoisotopic (exact) mass is 1010 g/mol. The van der Waals surface area contributed by atoms with Crippen LogP contribution in [0.25, 0.3) is 22.3 Å². The number of hydrogen-bond acceptors (Lipinski definition) is 15. The Hall–Kier alpha value is -6.22. The van der Waals surface area contributed by atoms with E-state index >= 15 is 0 Å². The van der Waals surface area contributed by atoms with Gasteiger partial charge in [-0.15, -0.1) is 0 Å². The van der Waals surface area contributed by atoms with Crippen LogP contribution in [0.15, 0.2) is 29.4 Å². The Balaban J connectivity index is 0.000000398. The molecule has 0 aliphatic heterocycles. The summed E-state index contributed by atoms with van der Waals surface area (Å²) in [5.41, 5.74) is 1.16. The van der Waals surface area contributed by atoms with Gasteiger partial charge in [0.1, 0.15) is 81.1 Å². The number of aromatic nitrogens is 4. The number of esters is 2. The second-order valence-corrected chi connectivity index (χ2v) is 13.9. The lowest BCUT2D eigenvalue weighted by molar-refractivity contribution is -0.148. The Morgan fingerprint density at radius 1 is 0.657 bits per heavy atom. The van der Waals surface area contributed by atoms with E-state index in [1.165, 1.54) is 13.8 Å². The van der Waals surface area contributed by atoms with E-state index in [0.717, 1.165) is 20.1 Å². The molecule has 0 aliphatic rings. The first-order valence-corrected chi connectivity index (χ1v) is 19.5. The third-order valence-corrected chi connectivity index (χ3v) is 8.59. The molecule has 0 saturated carbocycles. The number of nitrogens with zero attached hydrogens (tertiary/aromatic N) is 5. The molecule has 2 unspecified atom stereocenters. The summed E-state index contributed by atoms with van der Waals surface area (Å²) in [5.74, 6) is -7.61. The summed E-state index contributed by atoms with van der Waals surface area (Å²) in [7, 11) is 0. The average Bonchev–Trinajstić information content (AvgIpc) is 3.21. The van der Waals surface area contributed by atoms with Crippen molar-refractivity contribution in [2.24, 2.45) is 22.8 Å². The third kappa shape index (κ3) is 16.6. The van der Waals surface area contributed by atoms with Crippen LogP contribution in [0.5, 0.6) is 0 Å². The van der Waals surface area contributed by atoms with Gasteiger partial charge < -0.3 is 24.9 Å². The number of halogens is 14. The summed E-state index contributed by atoms with van der Waals surface area (Å²) in [6.45, 7) is 8.26. The molecule has 15 nitrogen and oxygen atoms in total. The van der Waals surface area contributed by atoms with Gasteiger partial charge in [-0.3, -0.25) is 15.0 Å². The Morgan fingerprint density at radius 2 is 1.01 bits per heavy atom. The number of hydrazone groups is 1. The highest BCUT2D eigenvalue weighted by atomic mass is 35.5. The van der Waals surface area contributed by atoms with E-state index in [4.69, 9.17) is 33.8 Å². The third-order valence-electron chi connectivity index (χ3n) is 8.04. The predicted molar refractivity (Wildman–Crippen MR) is 221 cm³/mol. The first kappa shape index (κ1) is 56.9. The minimum absolute atomic E-state index is 0.146. The van der Waals surface area contributed by atoms with Crippen molar-refractivity contribution in [1.82, 2.24) is 19.9 Å². The fraction of sp³-hybridized carbons (Fsp3) is 0.368. The number of carbonyl (C=O) groups excluding carboxylic acids is 3. The molecule has 0 radical (unpaired) electrons. The maximum atomic E-state index is 14.3. The fourth-order valence-corrected chi connectivity index (χ4v) is 5.17. The Labute approximate surface area is 382 Å². The number of aldehydes is 1. The smallest absolute Gasteiger partial charge is 0.408 e. The van der Waals surface area contributed by atoms with Crippen molar-refractivity contribution < 1.29 is 76.5 Å². The first-order valence-electron chi connectivity index (χ1n) is 18.8. The molecule has 4 rings (SSSR count). The number of nitrogen functional groups attached to an aromatic ring is 1. The lowest BCUT2D eigenvalue weighted by Gasteiger charge is -2.21. The fourth-order valence-electron chi connectivity index (χ4n) is 4.64. The molecule has 0 spiro atoms. The SMILES string of the molecule is CCOC(=O)C(C)/C=N/Nc1nc(Cl)c(-c2c(F)cc(F)cc2F)c(N[C@@H](C)C(F)(F)F)n1.CCOC(=O)C(C)C=O.C[C@H](Nc1nc(NN)nc(Cl)c1-c1c(F)cc(F)cc1F)C(F)(F)F. The van der Waals surface area contributed by atoms with Crippen molar-refractivity contribution in [3.63, 3.8) is 0 Å². The molecule has 0 fully saturated rings. The van der Waals surface area contributed by atoms with Crippen molar-refractivity contribution in [2.75, 3.05) is 34.7 Å². The molecule has 6 N–H and O–H groups in total. The van der Waals surface area contributed by atoms with Crippen LogP contribution in [0.2, 0.25) is 10.3 Å². The summed E-state index contributed by atoms with van der Waals surface area (Å²) in [6.07, 6.45) is -7.76. The molecule has 67 heavy (non-hydrogen) atoms. The molecule has 0 bridgehead atoms. The van der Waals surface area contributed by atoms with E-state index in [-0.39, 0.29) is 6.61 Å². The standard InChI is InChI=1S/C19H18ClF6N5O2.C13H10ClF6N5.C6H10O3/c1-4-33-17(32)8(2)7-27-31-18-29-15(20)14(13-11(22)5-10(21)6-12(13)23)16(30-18)28-9(3)19(24,25)26;1-4(13(18,19)20)22-11-9(10(14)23-12(24-11)25-21)8-6(16)2-5(15)3-7(8)17;1-3-9-6(8)5(2)4-7/h5-9H,4H2,1-3H3,(H2,28,29,30,31);2-4H,21H2,1H3,(H2,22,23,24,25);4-5H,3H2,1-2H3/b27-7+;;/t8?,9-;4-;/m00./s1. The molecular weight excluding hydrogens is 975 g/mol. The first-order chi connectivity index (χ1) is 31.1. The number of ether oxygens (including phenoxy) is 2. The van der Waals surface area contributed by atoms with E-state index < -0.39 is 139 Å². The summed E-state index contributed by atoms with van der Waals surface area (Å²) >= 11 is 11.9. The molecule has 4 atom stereocenters. The summed E-state index contributed by atoms with van der Waals surface area (Å²) in [5, 5.41) is 6.38. The maximum Gasteiger partial charge on any atom is 0.408 e. The number of rotatable bonds is 15. The summed E-state index contributed by atoms with van der Waals surface area (Å²) in [4.78, 5) is 46.7. The van der Waals surface area contributed by atoms with Gasteiger partial charge in [0.2, 0.25) is 11.9 Å². The Morgan fingerprint density at radius 3 is 1.36 bits per heavy atom. The Bertz CT molecular complexity index is 2350. The van der Waals surface area contributed by atoms with E-state index in [1.807, 2.05) is 16.1 Å². The molecule has 0 aliphatic carbocycles. The number of nitrogens with one attached hydrogen (secondary N) is 4. The molecule has 368 valence electrons. The highest BCUT2D eigenvalue weighted by Gasteiger charge is 2.38. The van der Waals surface area contributed by atoms with Crippen LogP contribution in [0.1, 0.15) is 41.5 Å². The molecule has 0 saturated heterocycles. The van der Waals surface area contributed by atoms with Crippen LogP contribution in [0.4, 0.5) is 76.2 Å². The van der Waals surface area contributed by atoms with Crippen LogP contribution in [-0.4, -0.2) is 82.0 Å². The normalized spacial score (nSPS) is 13.1. The lowest BCUT2D eigenvalue weighted by atomic mass is 10.1. The van der Waals surface area contributed by atoms with Crippen LogP contribution >= 0.6 is 23.2 Å². The van der Waals surface area contributed by atoms with Gasteiger partial charge in [-0.25, -0.2) is 37.6 Å². The van der Waals surface area contributed by atoms with Gasteiger partial charge in [0.25, 0.3) is 0 Å². The second kappa shape index (κ2) is 25.1. The van der Waals surface area contributed by atoms with Gasteiger partial charge in [-0.1, -0.05) is 23.2 Å². The van der Waals surface area contributed by atoms with Crippen molar-refractivity contribution in [3.05, 3.63) is 69.5 Å². The molecule has 0 amide bonds. The van der Waals surface area contributed by atoms with Crippen molar-refractivity contribution in [3.8, 4) is 22.3 Å². The zero-order chi connectivity index (χ0) is 51.1. The van der Waals surface area contributed by atoms with Crippen LogP contribution < -0.4 is 27.3 Å². The number of nitrogens with two attached hydrogens (primary N) is 1. The summed E-state index contributed by atoms with van der Waals surface area (Å²) < 4.78 is 170. The van der Waals surface area contributed by atoms with Crippen molar-refractivity contribution in [1.29, 1.82) is 0 Å². The van der Waals surface area contributed by atoms with E-state index in [9.17, 15) is 67.1 Å². The van der Waals surface area contributed by atoms with Crippen LogP contribution in [-0.2, 0) is 23.9 Å². The van der Waals surface area contributed by atoms with Gasteiger partial charge in [0.05, 0.1) is 41.4 Å². The minimum atomic E-state index is -4.75. The van der Waals surface area contributed by atoms with Crippen LogP contribution in [0.3, 0.4) is 0 Å². The largest absolute Gasteiger partial charge is 0.466 e. The number of anilines is 4. The van der Waals surface area contributed by atoms with Crippen molar-refractivity contribution in [2.45, 2.75) is 66.0 Å². The molecule has 2 heterocycles. The number of hydrogen-bond donors (Lipinski definition) is 5. The number of carbonyl (C=O) groups is 3. The Kier molecular flexibility index (Phi) is 21.3. The highest BCUT2D eigenvalue weighted by molar-refractivity contribution is 6.33. The van der Waals surface area contributed by atoms with Gasteiger partial charge in [0.15, 0.2) is 0 Å². The maximum absolute atomic E-state index is 14.3. The topological polar surface area (TPSA) is 208 Å². The zero-order valence-electron chi connectivity index (χ0n) is 35.3. The zero-order valence-corrected chi connectivity index (χ0v) is 36.8. The predicted octanol–water partition coefficient (Wildman–Crippen LogP) is 9.42. The van der Waals surface area contributed by atoms with E-state index in [1.54, 1.807) is 13.8 Å². The van der Waals surface area contributed by atoms with Crippen molar-refractivity contribution >= 4 is 71.2 Å². The van der Waals surface area contributed by atoms with Crippen LogP contribution in [0, 0.1) is 46.7 Å². The van der Waals surface area contributed by atoms with Gasteiger partial charge in [0, 0.05) is 30.5 Å². The molecule has 2 aromatic carbocycles. The quantitative estimate of drug-likeness (QED) is 0.0110. The van der Waals surface area contributed by atoms with E-state index in [2.05, 4.69) is 35.2 Å². The second-order valence-electron chi connectivity index (χ2n) is 13.2. The molecular formula is C38H38Cl2F12N10O5. The molecule has 4 aromatic rings. The molecule has 2 aromatic heterocycles. The number of hydrazine groups is 1. The average molecular weight is 1010 g/mol. The highest BCUT2D eigenvalue weighted by Crippen LogP contribution is 2.40.